The third-order valence-electron chi connectivity index (χ3n) is 4.31. The first-order chi connectivity index (χ1) is 15.1. The Morgan fingerprint density at radius 2 is 1.81 bits per heavy atom. The summed E-state index contributed by atoms with van der Waals surface area (Å²) in [6.45, 7) is -1.50. The molecule has 1 aromatic carbocycles. The highest BCUT2D eigenvalue weighted by molar-refractivity contribution is 7.10. The number of hydrogen-bond donors (Lipinski definition) is 1. The summed E-state index contributed by atoms with van der Waals surface area (Å²) in [6.07, 6.45) is -4.18. The van der Waals surface area contributed by atoms with Crippen LogP contribution in [0.5, 0.6) is 0 Å². The zero-order chi connectivity index (χ0) is 23.3. The van der Waals surface area contributed by atoms with E-state index in [9.17, 15) is 31.9 Å². The lowest BCUT2D eigenvalue weighted by Crippen LogP contribution is -2.34. The SMILES string of the molecule is O=C(COC(=O)Cn1cc(C(F)(F)F)ccc1=O)NC(c1ccc(F)cc1)c1cccs1. The van der Waals surface area contributed by atoms with Gasteiger partial charge in [0.15, 0.2) is 6.61 Å². The number of alkyl halides is 3. The molecule has 0 aliphatic carbocycles. The largest absolute Gasteiger partial charge is 0.454 e. The lowest BCUT2D eigenvalue weighted by atomic mass is 10.1. The number of ether oxygens (including phenoxy) is 1. The molecule has 1 N–H and O–H groups in total. The maximum Gasteiger partial charge on any atom is 0.417 e. The minimum Gasteiger partial charge on any atom is -0.454 e. The molecule has 0 spiro atoms. The van der Waals surface area contributed by atoms with Crippen molar-refractivity contribution in [2.75, 3.05) is 6.61 Å². The summed E-state index contributed by atoms with van der Waals surface area (Å²) < 4.78 is 57.0. The molecule has 2 aromatic heterocycles. The van der Waals surface area contributed by atoms with E-state index >= 15 is 0 Å². The third kappa shape index (κ3) is 6.03. The van der Waals surface area contributed by atoms with Gasteiger partial charge in [-0.1, -0.05) is 18.2 Å². The topological polar surface area (TPSA) is 77.4 Å². The Balaban J connectivity index is 1.63. The standard InChI is InChI=1S/C21H16F4N2O4S/c22-15-6-3-13(4-7-15)20(16-2-1-9-32-16)26-17(28)12-31-19(30)11-27-10-14(21(23,24)25)5-8-18(27)29/h1-10,20H,11-12H2,(H,26,28). The fourth-order valence-electron chi connectivity index (χ4n) is 2.79. The number of halogens is 4. The average Bonchev–Trinajstić information content (AvgIpc) is 3.26. The van der Waals surface area contributed by atoms with Crippen LogP contribution < -0.4 is 10.9 Å². The maximum absolute atomic E-state index is 13.2. The summed E-state index contributed by atoms with van der Waals surface area (Å²) in [5.41, 5.74) is -1.32. The van der Waals surface area contributed by atoms with Crippen LogP contribution in [0.3, 0.4) is 0 Å². The van der Waals surface area contributed by atoms with Gasteiger partial charge in [-0.05, 0) is 35.2 Å². The quantitative estimate of drug-likeness (QED) is 0.425. The fourth-order valence-corrected chi connectivity index (χ4v) is 3.59. The molecule has 0 aliphatic heterocycles. The van der Waals surface area contributed by atoms with Gasteiger partial charge < -0.3 is 14.6 Å². The molecule has 0 fully saturated rings. The van der Waals surface area contributed by atoms with Crippen molar-refractivity contribution < 1.29 is 31.9 Å². The van der Waals surface area contributed by atoms with E-state index in [-0.39, 0.29) is 0 Å². The molecule has 0 radical (unpaired) electrons. The Labute approximate surface area is 183 Å². The van der Waals surface area contributed by atoms with Crippen LogP contribution >= 0.6 is 11.3 Å². The lowest BCUT2D eigenvalue weighted by molar-refractivity contribution is -0.149. The van der Waals surface area contributed by atoms with Crippen molar-refractivity contribution in [2.45, 2.75) is 18.8 Å². The molecule has 1 unspecified atom stereocenters. The van der Waals surface area contributed by atoms with Crippen LogP contribution in [0.15, 0.2) is 64.9 Å². The summed E-state index contributed by atoms with van der Waals surface area (Å²) in [7, 11) is 0. The number of benzene rings is 1. The van der Waals surface area contributed by atoms with Crippen molar-refractivity contribution >= 4 is 23.2 Å². The number of amides is 1. The smallest absolute Gasteiger partial charge is 0.417 e. The van der Waals surface area contributed by atoms with Crippen LogP contribution in [-0.4, -0.2) is 23.1 Å². The number of aromatic nitrogens is 1. The van der Waals surface area contributed by atoms with Crippen LogP contribution in [0.25, 0.3) is 0 Å². The van der Waals surface area contributed by atoms with Gasteiger partial charge in [-0.2, -0.15) is 13.2 Å². The Kier molecular flexibility index (Phi) is 7.08. The van der Waals surface area contributed by atoms with Gasteiger partial charge >= 0.3 is 12.1 Å². The van der Waals surface area contributed by atoms with Crippen molar-refractivity contribution in [2.24, 2.45) is 0 Å². The van der Waals surface area contributed by atoms with Gasteiger partial charge in [0.2, 0.25) is 0 Å². The minimum atomic E-state index is -4.68. The van der Waals surface area contributed by atoms with Gasteiger partial charge in [0.1, 0.15) is 12.4 Å². The lowest BCUT2D eigenvalue weighted by Gasteiger charge is -2.18. The zero-order valence-corrected chi connectivity index (χ0v) is 17.1. The first-order valence-electron chi connectivity index (χ1n) is 9.15. The van der Waals surface area contributed by atoms with Crippen LogP contribution in [-0.2, 0) is 27.0 Å². The summed E-state index contributed by atoms with van der Waals surface area (Å²) in [4.78, 5) is 36.8. The van der Waals surface area contributed by atoms with Gasteiger partial charge in [0.05, 0.1) is 11.6 Å². The van der Waals surface area contributed by atoms with Crippen molar-refractivity contribution in [1.29, 1.82) is 0 Å². The second kappa shape index (κ2) is 9.77. The molecular formula is C21H16F4N2O4S. The third-order valence-corrected chi connectivity index (χ3v) is 5.25. The van der Waals surface area contributed by atoms with Crippen LogP contribution in [0.4, 0.5) is 17.6 Å². The number of hydrogen-bond acceptors (Lipinski definition) is 5. The Bertz CT molecular complexity index is 1140. The Morgan fingerprint density at radius 1 is 1.09 bits per heavy atom. The van der Waals surface area contributed by atoms with Crippen molar-refractivity contribution in [3.63, 3.8) is 0 Å². The van der Waals surface area contributed by atoms with Crippen molar-refractivity contribution in [3.8, 4) is 0 Å². The Morgan fingerprint density at radius 3 is 2.44 bits per heavy atom. The highest BCUT2D eigenvalue weighted by atomic mass is 32.1. The summed E-state index contributed by atoms with van der Waals surface area (Å²) in [5, 5.41) is 4.47. The van der Waals surface area contributed by atoms with E-state index in [1.54, 1.807) is 17.5 Å². The molecule has 32 heavy (non-hydrogen) atoms. The number of nitrogens with one attached hydrogen (secondary N) is 1. The monoisotopic (exact) mass is 468 g/mol. The molecule has 168 valence electrons. The Hall–Kier alpha value is -3.47. The number of pyridine rings is 1. The molecule has 0 saturated carbocycles. The van der Waals surface area contributed by atoms with Gasteiger partial charge in [0.25, 0.3) is 11.5 Å². The first-order valence-corrected chi connectivity index (χ1v) is 10.0. The van der Waals surface area contributed by atoms with Crippen LogP contribution in [0.2, 0.25) is 0 Å². The van der Waals surface area contributed by atoms with E-state index in [1.807, 2.05) is 0 Å². The first kappa shape index (κ1) is 23.2. The average molecular weight is 468 g/mol. The number of thiophene rings is 1. The van der Waals surface area contributed by atoms with Crippen LogP contribution in [0.1, 0.15) is 22.0 Å². The number of carbonyl (C=O) groups excluding carboxylic acids is 2. The van der Waals surface area contributed by atoms with E-state index in [0.29, 0.717) is 28.5 Å². The van der Waals surface area contributed by atoms with E-state index in [0.717, 1.165) is 4.88 Å². The minimum absolute atomic E-state index is 0.441. The molecule has 11 heteroatoms. The number of esters is 1. The van der Waals surface area contributed by atoms with E-state index in [2.05, 4.69) is 5.32 Å². The summed E-state index contributed by atoms with van der Waals surface area (Å²) in [5.74, 6) is -2.18. The van der Waals surface area contributed by atoms with Crippen molar-refractivity contribution in [1.82, 2.24) is 9.88 Å². The molecule has 1 atom stereocenters. The summed E-state index contributed by atoms with van der Waals surface area (Å²) in [6, 6.07) is 9.73. The fraction of sp³-hybridized carbons (Fsp3) is 0.190. The normalized spacial score (nSPS) is 12.2. The van der Waals surface area contributed by atoms with Gasteiger partial charge in [-0.15, -0.1) is 11.3 Å². The number of carbonyl (C=O) groups is 2. The second-order valence-corrected chi connectivity index (χ2v) is 7.59. The molecule has 2 heterocycles. The predicted molar refractivity (Wildman–Crippen MR) is 107 cm³/mol. The predicted octanol–water partition coefficient (Wildman–Crippen LogP) is 3.52. The second-order valence-electron chi connectivity index (χ2n) is 6.61. The molecule has 0 saturated heterocycles. The molecule has 6 nitrogen and oxygen atoms in total. The molecule has 3 rings (SSSR count). The van der Waals surface area contributed by atoms with E-state index in [4.69, 9.17) is 4.74 Å². The van der Waals surface area contributed by atoms with Gasteiger partial charge in [0, 0.05) is 17.1 Å². The van der Waals surface area contributed by atoms with Gasteiger partial charge in [-0.3, -0.25) is 14.4 Å². The molecule has 0 aliphatic rings. The number of nitrogens with zero attached hydrogens (tertiary/aromatic N) is 1. The highest BCUT2D eigenvalue weighted by Gasteiger charge is 2.31. The molecule has 3 aromatic rings. The van der Waals surface area contributed by atoms with Crippen molar-refractivity contribution in [3.05, 3.63) is 92.3 Å². The summed E-state index contributed by atoms with van der Waals surface area (Å²) >= 11 is 1.36. The molecular weight excluding hydrogens is 452 g/mol. The number of rotatable bonds is 7. The molecule has 1 amide bonds. The van der Waals surface area contributed by atoms with E-state index in [1.165, 1.54) is 35.6 Å². The van der Waals surface area contributed by atoms with E-state index < -0.39 is 54.2 Å². The maximum atomic E-state index is 13.2. The zero-order valence-electron chi connectivity index (χ0n) is 16.3. The van der Waals surface area contributed by atoms with Gasteiger partial charge in [-0.25, -0.2) is 4.39 Å². The molecule has 0 bridgehead atoms. The highest BCUT2D eigenvalue weighted by Crippen LogP contribution is 2.28. The van der Waals surface area contributed by atoms with Crippen LogP contribution in [0, 0.1) is 5.82 Å².